The average molecular weight is 342 g/mol. The van der Waals surface area contributed by atoms with E-state index in [0.717, 1.165) is 21.3 Å². The van der Waals surface area contributed by atoms with Crippen LogP contribution in [0.1, 0.15) is 12.0 Å². The van der Waals surface area contributed by atoms with E-state index >= 15 is 0 Å². The Labute approximate surface area is 151 Å². The molecule has 26 heavy (non-hydrogen) atoms. The summed E-state index contributed by atoms with van der Waals surface area (Å²) in [6.45, 7) is 0. The Morgan fingerprint density at radius 1 is 0.885 bits per heavy atom. The molecule has 0 radical (unpaired) electrons. The molecule has 2 aromatic rings. The fourth-order valence-corrected chi connectivity index (χ4v) is 5.54. The maximum atomic E-state index is 12.9. The second-order valence-corrected chi connectivity index (χ2v) is 7.96. The molecule has 5 aliphatic rings. The van der Waals surface area contributed by atoms with Crippen LogP contribution < -0.4 is 0 Å². The van der Waals surface area contributed by atoms with Crippen molar-refractivity contribution in [3.63, 3.8) is 0 Å². The predicted molar refractivity (Wildman–Crippen MR) is 98.1 cm³/mol. The van der Waals surface area contributed by atoms with E-state index in [9.17, 15) is 9.59 Å². The van der Waals surface area contributed by atoms with Gasteiger partial charge in [-0.05, 0) is 40.9 Å². The Kier molecular flexibility index (Phi) is 2.72. The molecule has 2 bridgehead atoms. The van der Waals surface area contributed by atoms with Gasteiger partial charge in [0.1, 0.15) is 0 Å². The Hall–Kier alpha value is -2.75. The molecule has 2 aromatic carbocycles. The van der Waals surface area contributed by atoms with Crippen LogP contribution in [0.15, 0.2) is 59.7 Å². The molecule has 4 heteroatoms. The molecule has 1 saturated heterocycles. The first-order valence-electron chi connectivity index (χ1n) is 9.32. The van der Waals surface area contributed by atoms with Gasteiger partial charge in [-0.2, -0.15) is 10.1 Å². The molecule has 0 N–H and O–H groups in total. The molecule has 4 aliphatic carbocycles. The highest BCUT2D eigenvalue weighted by molar-refractivity contribution is 6.07. The molecule has 128 valence electrons. The lowest BCUT2D eigenvalue weighted by Crippen LogP contribution is -2.40. The lowest BCUT2D eigenvalue weighted by atomic mass is 9.63. The van der Waals surface area contributed by atoms with Gasteiger partial charge in [-0.15, -0.1) is 0 Å². The first-order valence-corrected chi connectivity index (χ1v) is 9.32. The summed E-state index contributed by atoms with van der Waals surface area (Å²) in [4.78, 5) is 25.9. The van der Waals surface area contributed by atoms with Crippen LogP contribution in [0.5, 0.6) is 0 Å². The summed E-state index contributed by atoms with van der Waals surface area (Å²) in [5, 5.41) is 7.68. The summed E-state index contributed by atoms with van der Waals surface area (Å²) in [5.41, 5.74) is 0.919. The highest BCUT2D eigenvalue weighted by Gasteiger charge is 2.67. The topological polar surface area (TPSA) is 49.7 Å². The molecule has 6 unspecified atom stereocenters. The predicted octanol–water partition coefficient (Wildman–Crippen LogP) is 3.23. The molecule has 7 rings (SSSR count). The average Bonchev–Trinajstić information content (AvgIpc) is 3.45. The first kappa shape index (κ1) is 14.4. The molecule has 2 saturated carbocycles. The van der Waals surface area contributed by atoms with E-state index < -0.39 is 0 Å². The SMILES string of the molecule is O=C1C2C3C=CC(C4CC34)C2C(=O)N1N=Cc1cccc2ccccc12. The third-order valence-electron chi connectivity index (χ3n) is 6.78. The zero-order chi connectivity index (χ0) is 17.4. The second-order valence-electron chi connectivity index (χ2n) is 7.96. The van der Waals surface area contributed by atoms with Crippen molar-refractivity contribution in [2.75, 3.05) is 0 Å². The minimum Gasteiger partial charge on any atom is -0.272 e. The maximum absolute atomic E-state index is 12.9. The largest absolute Gasteiger partial charge is 0.272 e. The van der Waals surface area contributed by atoms with Gasteiger partial charge in [-0.1, -0.05) is 54.6 Å². The fourth-order valence-electron chi connectivity index (χ4n) is 5.54. The number of imide groups is 1. The number of carbonyl (C=O) groups is 2. The van der Waals surface area contributed by atoms with Crippen LogP contribution in [0.25, 0.3) is 10.8 Å². The zero-order valence-corrected chi connectivity index (χ0v) is 14.2. The number of carbonyl (C=O) groups excluding carboxylic acids is 2. The number of hydrogen-bond acceptors (Lipinski definition) is 3. The molecule has 0 spiro atoms. The van der Waals surface area contributed by atoms with Crippen molar-refractivity contribution in [3.8, 4) is 0 Å². The van der Waals surface area contributed by atoms with E-state index in [2.05, 4.69) is 17.3 Å². The normalized spacial score (nSPS) is 36.8. The molecule has 4 nitrogen and oxygen atoms in total. The van der Waals surface area contributed by atoms with E-state index in [1.54, 1.807) is 6.21 Å². The summed E-state index contributed by atoms with van der Waals surface area (Å²) >= 11 is 0. The summed E-state index contributed by atoms with van der Waals surface area (Å²) in [6.07, 6.45) is 7.20. The molecule has 6 atom stereocenters. The third-order valence-corrected chi connectivity index (χ3v) is 6.78. The number of hydrazone groups is 1. The van der Waals surface area contributed by atoms with Crippen LogP contribution in [0.4, 0.5) is 0 Å². The Balaban J connectivity index is 1.36. The molecule has 1 aliphatic heterocycles. The van der Waals surface area contributed by atoms with Gasteiger partial charge in [-0.3, -0.25) is 9.59 Å². The van der Waals surface area contributed by atoms with Gasteiger partial charge in [0.2, 0.25) is 0 Å². The highest BCUT2D eigenvalue weighted by atomic mass is 16.2. The van der Waals surface area contributed by atoms with Gasteiger partial charge in [-0.25, -0.2) is 0 Å². The lowest BCUT2D eigenvalue weighted by Gasteiger charge is -2.37. The number of rotatable bonds is 2. The number of amides is 2. The quantitative estimate of drug-likeness (QED) is 0.478. The number of benzene rings is 2. The number of allylic oxidation sites excluding steroid dienone is 2. The third kappa shape index (κ3) is 1.77. The van der Waals surface area contributed by atoms with E-state index in [1.165, 1.54) is 6.42 Å². The van der Waals surface area contributed by atoms with Crippen molar-refractivity contribution in [2.45, 2.75) is 6.42 Å². The van der Waals surface area contributed by atoms with Gasteiger partial charge in [0, 0.05) is 5.56 Å². The number of hydrogen-bond donors (Lipinski definition) is 0. The van der Waals surface area contributed by atoms with E-state index in [0.29, 0.717) is 11.8 Å². The summed E-state index contributed by atoms with van der Waals surface area (Å²) in [5.74, 6) is 1.11. The van der Waals surface area contributed by atoms with Gasteiger partial charge in [0.25, 0.3) is 11.8 Å². The van der Waals surface area contributed by atoms with Crippen LogP contribution in [0.3, 0.4) is 0 Å². The van der Waals surface area contributed by atoms with Crippen molar-refractivity contribution in [1.29, 1.82) is 0 Å². The Morgan fingerprint density at radius 3 is 2.27 bits per heavy atom. The van der Waals surface area contributed by atoms with E-state index in [1.807, 2.05) is 42.5 Å². The molecular formula is C22H18N2O2. The summed E-state index contributed by atoms with van der Waals surface area (Å²) in [7, 11) is 0. The Bertz CT molecular complexity index is 982. The van der Waals surface area contributed by atoms with Crippen molar-refractivity contribution < 1.29 is 9.59 Å². The zero-order valence-electron chi connectivity index (χ0n) is 14.2. The standard InChI is InChI=1S/C22H18N2O2/c25-21-19-15-8-9-16(18-10-17(15)18)20(19)22(26)24(21)23-11-13-6-3-5-12-4-1-2-7-14(12)13/h1-9,11,15-20H,10H2. The Morgan fingerprint density at radius 2 is 1.54 bits per heavy atom. The highest BCUT2D eigenvalue weighted by Crippen LogP contribution is 2.65. The molecule has 3 fully saturated rings. The van der Waals surface area contributed by atoms with Gasteiger partial charge in [0.15, 0.2) is 0 Å². The van der Waals surface area contributed by atoms with Crippen LogP contribution >= 0.6 is 0 Å². The van der Waals surface area contributed by atoms with E-state index in [-0.39, 0.29) is 35.5 Å². The van der Waals surface area contributed by atoms with Crippen LogP contribution in [-0.4, -0.2) is 23.0 Å². The van der Waals surface area contributed by atoms with Crippen LogP contribution in [0.2, 0.25) is 0 Å². The number of fused-ring (bicyclic) bond motifs is 1. The molecule has 1 heterocycles. The lowest BCUT2D eigenvalue weighted by molar-refractivity contribution is -0.140. The fraction of sp³-hybridized carbons (Fsp3) is 0.318. The monoisotopic (exact) mass is 342 g/mol. The summed E-state index contributed by atoms with van der Waals surface area (Å²) in [6, 6.07) is 14.0. The maximum Gasteiger partial charge on any atom is 0.254 e. The van der Waals surface area contributed by atoms with E-state index in [4.69, 9.17) is 0 Å². The minimum absolute atomic E-state index is 0.110. The second kappa shape index (κ2) is 4.91. The molecule has 2 amide bonds. The number of nitrogens with zero attached hydrogens (tertiary/aromatic N) is 2. The van der Waals surface area contributed by atoms with Gasteiger partial charge < -0.3 is 0 Å². The van der Waals surface area contributed by atoms with Crippen molar-refractivity contribution in [2.24, 2.45) is 40.6 Å². The van der Waals surface area contributed by atoms with Crippen LogP contribution in [0, 0.1) is 35.5 Å². The summed E-state index contributed by atoms with van der Waals surface area (Å²) < 4.78 is 0. The van der Waals surface area contributed by atoms with Crippen LogP contribution in [-0.2, 0) is 9.59 Å². The first-order chi connectivity index (χ1) is 12.7. The molecular weight excluding hydrogens is 324 g/mol. The van der Waals surface area contributed by atoms with Crippen molar-refractivity contribution in [3.05, 3.63) is 60.2 Å². The minimum atomic E-state index is -0.189. The van der Waals surface area contributed by atoms with Gasteiger partial charge >= 0.3 is 0 Å². The smallest absolute Gasteiger partial charge is 0.254 e. The van der Waals surface area contributed by atoms with Crippen molar-refractivity contribution >= 4 is 28.8 Å². The van der Waals surface area contributed by atoms with Gasteiger partial charge in [0.05, 0.1) is 18.1 Å². The van der Waals surface area contributed by atoms with Crippen molar-refractivity contribution in [1.82, 2.24) is 5.01 Å². The molecule has 0 aromatic heterocycles.